The van der Waals surface area contributed by atoms with Crippen LogP contribution in [0.3, 0.4) is 0 Å². The highest BCUT2D eigenvalue weighted by Crippen LogP contribution is 2.32. The van der Waals surface area contributed by atoms with Gasteiger partial charge in [0.1, 0.15) is 11.4 Å². The second-order valence-corrected chi connectivity index (χ2v) is 7.15. The number of nitrogens with one attached hydrogen (secondary N) is 2. The fourth-order valence-corrected chi connectivity index (χ4v) is 3.40. The number of hydrogen-bond donors (Lipinski definition) is 3. The highest BCUT2D eigenvalue weighted by molar-refractivity contribution is 5.99. The molecule has 1 heterocycles. The summed E-state index contributed by atoms with van der Waals surface area (Å²) >= 11 is 0. The molecule has 8 heteroatoms. The Morgan fingerprint density at radius 2 is 2.00 bits per heavy atom. The SMILES string of the molecule is CC[C@@H](Nc1c(Nc2cccc(C(=O)N(C)C)c2O)c(=O)c1=O)C1CCCO1. The van der Waals surface area contributed by atoms with Crippen LogP contribution >= 0.6 is 0 Å². The van der Waals surface area contributed by atoms with E-state index in [9.17, 15) is 19.5 Å². The normalized spacial score (nSPS) is 17.5. The number of carbonyl (C=O) groups is 1. The summed E-state index contributed by atoms with van der Waals surface area (Å²) in [5, 5.41) is 16.4. The number of carbonyl (C=O) groups excluding carboxylic acids is 1. The first-order valence-corrected chi connectivity index (χ1v) is 9.37. The van der Waals surface area contributed by atoms with Crippen molar-refractivity contribution in [3.8, 4) is 5.75 Å². The Morgan fingerprint density at radius 3 is 2.61 bits per heavy atom. The number of hydrogen-bond acceptors (Lipinski definition) is 7. The number of phenols is 1. The lowest BCUT2D eigenvalue weighted by molar-refractivity contribution is 0.0824. The van der Waals surface area contributed by atoms with Crippen molar-refractivity contribution < 1.29 is 14.6 Å². The summed E-state index contributed by atoms with van der Waals surface area (Å²) in [5.41, 5.74) is -0.684. The number of rotatable bonds is 7. The van der Waals surface area contributed by atoms with Crippen LogP contribution in [0.25, 0.3) is 0 Å². The van der Waals surface area contributed by atoms with Gasteiger partial charge in [0.05, 0.1) is 23.4 Å². The number of amides is 1. The fraction of sp³-hybridized carbons (Fsp3) is 0.450. The third-order valence-electron chi connectivity index (χ3n) is 5.03. The maximum Gasteiger partial charge on any atom is 0.257 e. The van der Waals surface area contributed by atoms with Gasteiger partial charge in [-0.1, -0.05) is 13.0 Å². The van der Waals surface area contributed by atoms with Crippen molar-refractivity contribution in [1.82, 2.24) is 4.90 Å². The van der Waals surface area contributed by atoms with Gasteiger partial charge in [0.25, 0.3) is 16.8 Å². The molecule has 1 amide bonds. The third kappa shape index (κ3) is 3.60. The molecule has 28 heavy (non-hydrogen) atoms. The Labute approximate surface area is 162 Å². The van der Waals surface area contributed by atoms with Gasteiger partial charge in [-0.25, -0.2) is 0 Å². The van der Waals surface area contributed by atoms with Crippen molar-refractivity contribution in [2.45, 2.75) is 38.3 Å². The molecule has 2 aromatic carbocycles. The van der Waals surface area contributed by atoms with E-state index in [1.165, 1.54) is 11.0 Å². The molecule has 150 valence electrons. The smallest absolute Gasteiger partial charge is 0.257 e. The molecule has 1 unspecified atom stereocenters. The van der Waals surface area contributed by atoms with E-state index in [1.807, 2.05) is 6.92 Å². The molecule has 3 rings (SSSR count). The van der Waals surface area contributed by atoms with Gasteiger partial charge in [-0.05, 0) is 31.4 Å². The summed E-state index contributed by atoms with van der Waals surface area (Å²) < 4.78 is 5.69. The summed E-state index contributed by atoms with van der Waals surface area (Å²) in [6.45, 7) is 2.68. The Morgan fingerprint density at radius 1 is 1.29 bits per heavy atom. The molecule has 8 nitrogen and oxygen atoms in total. The number of anilines is 3. The number of phenolic OH excluding ortho intramolecular Hbond substituents is 1. The van der Waals surface area contributed by atoms with Gasteiger partial charge in [0.2, 0.25) is 0 Å². The molecule has 1 aliphatic rings. The van der Waals surface area contributed by atoms with Crippen molar-refractivity contribution in [3.63, 3.8) is 0 Å². The maximum absolute atomic E-state index is 12.2. The van der Waals surface area contributed by atoms with E-state index in [4.69, 9.17) is 4.74 Å². The molecule has 2 atom stereocenters. The largest absolute Gasteiger partial charge is 0.505 e. The summed E-state index contributed by atoms with van der Waals surface area (Å²) in [6.07, 6.45) is 2.61. The van der Waals surface area contributed by atoms with E-state index in [0.717, 1.165) is 19.3 Å². The van der Waals surface area contributed by atoms with Crippen molar-refractivity contribution >= 4 is 23.0 Å². The van der Waals surface area contributed by atoms with Gasteiger partial charge in [-0.15, -0.1) is 0 Å². The molecule has 0 aromatic heterocycles. The molecule has 0 aliphatic carbocycles. The first kappa shape index (κ1) is 19.9. The number of nitrogens with zero attached hydrogens (tertiary/aromatic N) is 1. The Hall–Kier alpha value is -2.87. The number of benzene rings is 1. The minimum atomic E-state index is -0.659. The van der Waals surface area contributed by atoms with E-state index in [1.54, 1.807) is 26.2 Å². The van der Waals surface area contributed by atoms with E-state index >= 15 is 0 Å². The van der Waals surface area contributed by atoms with E-state index < -0.39 is 10.9 Å². The van der Waals surface area contributed by atoms with Crippen LogP contribution in [-0.4, -0.2) is 48.8 Å². The maximum atomic E-state index is 12.2. The highest BCUT2D eigenvalue weighted by atomic mass is 16.5. The summed E-state index contributed by atoms with van der Waals surface area (Å²) in [4.78, 5) is 37.7. The van der Waals surface area contributed by atoms with Crippen molar-refractivity contribution in [2.24, 2.45) is 0 Å². The monoisotopic (exact) mass is 387 g/mol. The zero-order valence-electron chi connectivity index (χ0n) is 16.2. The quantitative estimate of drug-likeness (QED) is 0.491. The van der Waals surface area contributed by atoms with Crippen LogP contribution in [0.4, 0.5) is 17.1 Å². The van der Waals surface area contributed by atoms with Gasteiger partial charge in [-0.2, -0.15) is 0 Å². The molecule has 1 aliphatic heterocycles. The van der Waals surface area contributed by atoms with E-state index in [2.05, 4.69) is 10.6 Å². The van der Waals surface area contributed by atoms with Crippen molar-refractivity contribution in [2.75, 3.05) is 31.3 Å². The summed E-state index contributed by atoms with van der Waals surface area (Å²) in [5.74, 6) is -0.639. The second kappa shape index (κ2) is 8.02. The lowest BCUT2D eigenvalue weighted by atomic mass is 10.0. The fourth-order valence-electron chi connectivity index (χ4n) is 3.40. The molecule has 0 radical (unpaired) electrons. The average Bonchev–Trinajstić information content (AvgIpc) is 3.22. The van der Waals surface area contributed by atoms with Crippen LogP contribution in [0.2, 0.25) is 0 Å². The van der Waals surface area contributed by atoms with Crippen molar-refractivity contribution in [1.29, 1.82) is 0 Å². The second-order valence-electron chi connectivity index (χ2n) is 7.15. The molecule has 1 fully saturated rings. The predicted octanol–water partition coefficient (Wildman–Crippen LogP) is 1.80. The minimum Gasteiger partial charge on any atom is -0.505 e. The van der Waals surface area contributed by atoms with E-state index in [0.29, 0.717) is 6.61 Å². The molecule has 0 saturated carbocycles. The Balaban J connectivity index is 1.86. The van der Waals surface area contributed by atoms with Crippen LogP contribution in [0.15, 0.2) is 27.8 Å². The molecular weight excluding hydrogens is 362 g/mol. The van der Waals surface area contributed by atoms with E-state index in [-0.39, 0.29) is 46.4 Å². The summed E-state index contributed by atoms with van der Waals surface area (Å²) in [7, 11) is 3.16. The minimum absolute atomic E-state index is 0.00306. The topological polar surface area (TPSA) is 108 Å². The summed E-state index contributed by atoms with van der Waals surface area (Å²) in [6, 6.07) is 4.55. The zero-order chi connectivity index (χ0) is 20.4. The number of ether oxygens (including phenoxy) is 1. The molecular formula is C20H25N3O5. The first-order valence-electron chi connectivity index (χ1n) is 9.37. The van der Waals surface area contributed by atoms with Crippen molar-refractivity contribution in [3.05, 3.63) is 44.2 Å². The highest BCUT2D eigenvalue weighted by Gasteiger charge is 2.29. The lowest BCUT2D eigenvalue weighted by Crippen LogP contribution is -2.42. The average molecular weight is 387 g/mol. The molecule has 0 spiro atoms. The van der Waals surface area contributed by atoms with Gasteiger partial charge in [0.15, 0.2) is 5.75 Å². The zero-order valence-corrected chi connectivity index (χ0v) is 16.2. The van der Waals surface area contributed by atoms with Gasteiger partial charge in [-0.3, -0.25) is 14.4 Å². The lowest BCUT2D eigenvalue weighted by Gasteiger charge is -2.26. The van der Waals surface area contributed by atoms with Gasteiger partial charge < -0.3 is 25.4 Å². The number of aromatic hydroxyl groups is 1. The van der Waals surface area contributed by atoms with Crippen LogP contribution in [-0.2, 0) is 4.74 Å². The molecule has 1 saturated heterocycles. The Bertz CT molecular complexity index is 940. The third-order valence-corrected chi connectivity index (χ3v) is 5.03. The Kier molecular flexibility index (Phi) is 5.69. The van der Waals surface area contributed by atoms with Crippen LogP contribution in [0.5, 0.6) is 5.75 Å². The van der Waals surface area contributed by atoms with Gasteiger partial charge >= 0.3 is 0 Å². The first-order chi connectivity index (χ1) is 13.3. The number of para-hydroxylation sites is 1. The standard InChI is InChI=1S/C20H25N3O5/c1-4-12(14-9-6-10-28-14)21-15-16(19(26)18(15)25)22-13-8-5-7-11(17(13)24)20(27)23(2)3/h5,7-8,12,14,21-22,24H,4,6,9-10H2,1-3H3/t12-,14?/m1/s1. The van der Waals surface area contributed by atoms with Gasteiger partial charge in [0, 0.05) is 20.7 Å². The van der Waals surface area contributed by atoms with Crippen LogP contribution in [0, 0.1) is 0 Å². The molecule has 2 aromatic rings. The van der Waals surface area contributed by atoms with Crippen LogP contribution in [0.1, 0.15) is 36.5 Å². The molecule has 0 bridgehead atoms. The van der Waals surface area contributed by atoms with Crippen LogP contribution < -0.4 is 21.5 Å². The molecule has 3 N–H and O–H groups in total. The predicted molar refractivity (Wildman–Crippen MR) is 107 cm³/mol.